The van der Waals surface area contributed by atoms with Crippen molar-refractivity contribution in [3.63, 3.8) is 0 Å². The summed E-state index contributed by atoms with van der Waals surface area (Å²) < 4.78 is 28.0. The van der Waals surface area contributed by atoms with Gasteiger partial charge < -0.3 is 5.32 Å². The molecule has 1 fully saturated rings. The van der Waals surface area contributed by atoms with E-state index in [-0.39, 0.29) is 6.04 Å². The Morgan fingerprint density at radius 3 is 2.32 bits per heavy atom. The van der Waals surface area contributed by atoms with Gasteiger partial charge in [-0.1, -0.05) is 48.0 Å². The normalized spacial score (nSPS) is 17.3. The van der Waals surface area contributed by atoms with Crippen molar-refractivity contribution < 1.29 is 8.42 Å². The van der Waals surface area contributed by atoms with Crippen LogP contribution in [0.5, 0.6) is 0 Å². The molecule has 0 unspecified atom stereocenters. The fraction of sp³-hybridized carbons (Fsp3) is 0.368. The van der Waals surface area contributed by atoms with E-state index >= 15 is 0 Å². The molecule has 0 aromatic heterocycles. The molecule has 6 heteroatoms. The summed E-state index contributed by atoms with van der Waals surface area (Å²) in [6, 6.07) is 17.1. The highest BCUT2D eigenvalue weighted by Crippen LogP contribution is 2.21. The standard InChI is InChI=1S/C19H25N3O2S/c1-16-7-9-18(10-8-16)25(23,24)21-15-19(17-5-3-2-4-6-17)22-13-11-20-12-14-22/h2-10,19-21H,11-15H2,1H3/t19-/m0/s1. The molecule has 0 bridgehead atoms. The van der Waals surface area contributed by atoms with Gasteiger partial charge in [-0.05, 0) is 24.6 Å². The van der Waals surface area contributed by atoms with Gasteiger partial charge in [0.1, 0.15) is 0 Å². The predicted molar refractivity (Wildman–Crippen MR) is 100.0 cm³/mol. The monoisotopic (exact) mass is 359 g/mol. The average Bonchev–Trinajstić information content (AvgIpc) is 2.64. The second-order valence-electron chi connectivity index (χ2n) is 6.38. The minimum atomic E-state index is -3.51. The van der Waals surface area contributed by atoms with E-state index in [9.17, 15) is 8.42 Å². The van der Waals surface area contributed by atoms with Crippen LogP contribution in [0.3, 0.4) is 0 Å². The van der Waals surface area contributed by atoms with E-state index in [1.807, 2.05) is 37.3 Å². The van der Waals surface area contributed by atoms with Crippen molar-refractivity contribution in [3.8, 4) is 0 Å². The first-order valence-corrected chi connectivity index (χ1v) is 10.1. The first-order chi connectivity index (χ1) is 12.1. The number of hydrogen-bond acceptors (Lipinski definition) is 4. The number of nitrogens with zero attached hydrogens (tertiary/aromatic N) is 1. The van der Waals surface area contributed by atoms with Crippen LogP contribution in [0.2, 0.25) is 0 Å². The molecule has 1 heterocycles. The summed E-state index contributed by atoms with van der Waals surface area (Å²) in [5, 5.41) is 3.34. The summed E-state index contributed by atoms with van der Waals surface area (Å²) in [5.41, 5.74) is 2.18. The highest BCUT2D eigenvalue weighted by atomic mass is 32.2. The third kappa shape index (κ3) is 4.67. The zero-order valence-corrected chi connectivity index (χ0v) is 15.3. The molecule has 0 radical (unpaired) electrons. The second-order valence-corrected chi connectivity index (χ2v) is 8.14. The molecular formula is C19H25N3O2S. The lowest BCUT2D eigenvalue weighted by atomic mass is 10.0. The zero-order valence-electron chi connectivity index (χ0n) is 14.5. The zero-order chi connectivity index (χ0) is 17.7. The summed E-state index contributed by atoms with van der Waals surface area (Å²) in [5.74, 6) is 0. The van der Waals surface area contributed by atoms with Gasteiger partial charge >= 0.3 is 0 Å². The number of sulfonamides is 1. The molecule has 1 aliphatic rings. The minimum Gasteiger partial charge on any atom is -0.314 e. The highest BCUT2D eigenvalue weighted by Gasteiger charge is 2.24. The number of aryl methyl sites for hydroxylation is 1. The summed E-state index contributed by atoms with van der Waals surface area (Å²) in [7, 11) is -3.51. The van der Waals surface area contributed by atoms with Crippen molar-refractivity contribution in [2.45, 2.75) is 17.9 Å². The summed E-state index contributed by atoms with van der Waals surface area (Å²) in [4.78, 5) is 2.65. The molecule has 0 amide bonds. The summed E-state index contributed by atoms with van der Waals surface area (Å²) >= 11 is 0. The van der Waals surface area contributed by atoms with Crippen LogP contribution in [0.4, 0.5) is 0 Å². The van der Waals surface area contributed by atoms with E-state index in [1.54, 1.807) is 12.1 Å². The van der Waals surface area contributed by atoms with Crippen molar-refractivity contribution in [3.05, 3.63) is 65.7 Å². The molecule has 1 aliphatic heterocycles. The third-order valence-electron chi connectivity index (χ3n) is 4.57. The van der Waals surface area contributed by atoms with Crippen LogP contribution in [0.1, 0.15) is 17.2 Å². The molecule has 2 aromatic carbocycles. The molecule has 2 N–H and O–H groups in total. The molecule has 1 atom stereocenters. The van der Waals surface area contributed by atoms with Gasteiger partial charge in [-0.25, -0.2) is 13.1 Å². The van der Waals surface area contributed by atoms with E-state index in [0.717, 1.165) is 37.3 Å². The lowest BCUT2D eigenvalue weighted by Crippen LogP contribution is -2.48. The van der Waals surface area contributed by atoms with Crippen LogP contribution in [0.25, 0.3) is 0 Å². The quantitative estimate of drug-likeness (QED) is 0.827. The molecule has 5 nitrogen and oxygen atoms in total. The molecule has 2 aromatic rings. The molecule has 25 heavy (non-hydrogen) atoms. The SMILES string of the molecule is Cc1ccc(S(=O)(=O)NC[C@@H](c2ccccc2)N2CCNCC2)cc1. The Kier molecular flexibility index (Phi) is 5.86. The maximum atomic E-state index is 12.6. The minimum absolute atomic E-state index is 0.0310. The molecule has 0 aliphatic carbocycles. The molecule has 134 valence electrons. The van der Waals surface area contributed by atoms with Crippen molar-refractivity contribution >= 4 is 10.0 Å². The maximum absolute atomic E-state index is 12.6. The second kappa shape index (κ2) is 8.10. The Morgan fingerprint density at radius 1 is 1.04 bits per heavy atom. The van der Waals surface area contributed by atoms with Crippen molar-refractivity contribution in [1.29, 1.82) is 0 Å². The van der Waals surface area contributed by atoms with E-state index in [4.69, 9.17) is 0 Å². The van der Waals surface area contributed by atoms with Crippen LogP contribution in [-0.2, 0) is 10.0 Å². The lowest BCUT2D eigenvalue weighted by molar-refractivity contribution is 0.175. The molecule has 0 saturated carbocycles. The number of piperazine rings is 1. The molecule has 0 spiro atoms. The molecular weight excluding hydrogens is 334 g/mol. The first-order valence-electron chi connectivity index (χ1n) is 8.62. The van der Waals surface area contributed by atoms with Gasteiger partial charge in [-0.2, -0.15) is 0 Å². The van der Waals surface area contributed by atoms with E-state index in [1.165, 1.54) is 0 Å². The number of rotatable bonds is 6. The highest BCUT2D eigenvalue weighted by molar-refractivity contribution is 7.89. The van der Waals surface area contributed by atoms with E-state index in [2.05, 4.69) is 27.1 Å². The number of hydrogen-bond donors (Lipinski definition) is 2. The van der Waals surface area contributed by atoms with Crippen LogP contribution >= 0.6 is 0 Å². The Morgan fingerprint density at radius 2 is 1.68 bits per heavy atom. The Labute approximate surface area is 150 Å². The van der Waals surface area contributed by atoms with E-state index in [0.29, 0.717) is 11.4 Å². The van der Waals surface area contributed by atoms with Crippen molar-refractivity contribution in [2.75, 3.05) is 32.7 Å². The fourth-order valence-electron chi connectivity index (χ4n) is 3.12. The number of nitrogens with one attached hydrogen (secondary N) is 2. The summed E-state index contributed by atoms with van der Waals surface area (Å²) in [6.45, 7) is 5.97. The fourth-order valence-corrected chi connectivity index (χ4v) is 4.15. The van der Waals surface area contributed by atoms with Crippen molar-refractivity contribution in [1.82, 2.24) is 14.9 Å². The van der Waals surface area contributed by atoms with Gasteiger partial charge in [0.2, 0.25) is 10.0 Å². The van der Waals surface area contributed by atoms with Gasteiger partial charge in [0.15, 0.2) is 0 Å². The van der Waals surface area contributed by atoms with Gasteiger partial charge in [-0.15, -0.1) is 0 Å². The first kappa shape index (κ1) is 18.1. The lowest BCUT2D eigenvalue weighted by Gasteiger charge is -2.35. The molecule has 3 rings (SSSR count). The third-order valence-corrected chi connectivity index (χ3v) is 6.01. The van der Waals surface area contributed by atoms with Gasteiger partial charge in [-0.3, -0.25) is 4.90 Å². The Balaban J connectivity index is 1.77. The number of benzene rings is 2. The summed E-state index contributed by atoms with van der Waals surface area (Å²) in [6.07, 6.45) is 0. The topological polar surface area (TPSA) is 61.4 Å². The Bertz CT molecular complexity index is 770. The van der Waals surface area contributed by atoms with Gasteiger partial charge in [0, 0.05) is 38.8 Å². The average molecular weight is 359 g/mol. The van der Waals surface area contributed by atoms with Gasteiger partial charge in [0.25, 0.3) is 0 Å². The van der Waals surface area contributed by atoms with E-state index < -0.39 is 10.0 Å². The van der Waals surface area contributed by atoms with Crippen LogP contribution in [0.15, 0.2) is 59.5 Å². The Hall–Kier alpha value is -1.73. The van der Waals surface area contributed by atoms with Gasteiger partial charge in [0.05, 0.1) is 4.90 Å². The maximum Gasteiger partial charge on any atom is 0.240 e. The smallest absolute Gasteiger partial charge is 0.240 e. The largest absolute Gasteiger partial charge is 0.314 e. The predicted octanol–water partition coefficient (Wildman–Crippen LogP) is 1.92. The van der Waals surface area contributed by atoms with Crippen LogP contribution in [0, 0.1) is 6.92 Å². The van der Waals surface area contributed by atoms with Crippen molar-refractivity contribution in [2.24, 2.45) is 0 Å². The van der Waals surface area contributed by atoms with Crippen LogP contribution < -0.4 is 10.0 Å². The van der Waals surface area contributed by atoms with Crippen LogP contribution in [-0.4, -0.2) is 46.0 Å². The molecule has 1 saturated heterocycles.